The number of benzene rings is 9. The summed E-state index contributed by atoms with van der Waals surface area (Å²) in [4.78, 5) is 0. The van der Waals surface area contributed by atoms with Gasteiger partial charge in [0.15, 0.2) is 0 Å². The summed E-state index contributed by atoms with van der Waals surface area (Å²) < 4.78 is 13.0. The zero-order chi connectivity index (χ0) is 32.8. The molecule has 0 unspecified atom stereocenters. The second-order valence-electron chi connectivity index (χ2n) is 13.2. The molecule has 0 saturated carbocycles. The fourth-order valence-electron chi connectivity index (χ4n) is 8.11. The number of hydrogen-bond donors (Lipinski definition) is 0. The quantitative estimate of drug-likeness (QED) is 0.180. The third kappa shape index (κ3) is 4.03. The normalized spacial score (nSPS) is 12.0. The van der Waals surface area contributed by atoms with Crippen LogP contribution >= 0.6 is 0 Å². The van der Waals surface area contributed by atoms with E-state index in [4.69, 9.17) is 8.83 Å². The lowest BCUT2D eigenvalue weighted by molar-refractivity contribution is 0.668. The smallest absolute Gasteiger partial charge is 0.136 e. The number of rotatable bonds is 3. The van der Waals surface area contributed by atoms with E-state index < -0.39 is 0 Å². The van der Waals surface area contributed by atoms with Crippen LogP contribution in [0.2, 0.25) is 0 Å². The van der Waals surface area contributed by atoms with Crippen LogP contribution in [-0.4, -0.2) is 0 Å². The summed E-state index contributed by atoms with van der Waals surface area (Å²) in [6.07, 6.45) is 0. The Kier molecular flexibility index (Phi) is 5.70. The molecule has 0 spiro atoms. The average Bonchev–Trinajstić information content (AvgIpc) is 3.72. The molecule has 0 N–H and O–H groups in total. The highest BCUT2D eigenvalue weighted by Crippen LogP contribution is 2.45. The summed E-state index contributed by atoms with van der Waals surface area (Å²) in [7, 11) is 0. The van der Waals surface area contributed by atoms with Gasteiger partial charge in [0.1, 0.15) is 22.3 Å². The van der Waals surface area contributed by atoms with Crippen molar-refractivity contribution in [1.82, 2.24) is 0 Å². The van der Waals surface area contributed by atoms with Crippen molar-refractivity contribution in [1.29, 1.82) is 0 Å². The Bertz CT molecular complexity index is 3080. The van der Waals surface area contributed by atoms with E-state index in [9.17, 15) is 0 Å². The highest BCUT2D eigenvalue weighted by Gasteiger charge is 2.18. The van der Waals surface area contributed by atoms with Crippen molar-refractivity contribution in [3.8, 4) is 33.4 Å². The van der Waals surface area contributed by atoms with Gasteiger partial charge in [0.25, 0.3) is 0 Å². The molecule has 0 fully saturated rings. The lowest BCUT2D eigenvalue weighted by Crippen LogP contribution is -1.90. The minimum atomic E-state index is 0.875. The van der Waals surface area contributed by atoms with E-state index >= 15 is 0 Å². The van der Waals surface area contributed by atoms with Crippen molar-refractivity contribution in [2.75, 3.05) is 0 Å². The van der Waals surface area contributed by atoms with E-state index in [1.54, 1.807) is 0 Å². The monoisotopic (exact) mass is 636 g/mol. The molecule has 2 heteroatoms. The molecule has 50 heavy (non-hydrogen) atoms. The van der Waals surface area contributed by atoms with E-state index in [2.05, 4.69) is 170 Å². The molecule has 0 amide bonds. The summed E-state index contributed by atoms with van der Waals surface area (Å²) in [5, 5.41) is 11.9. The van der Waals surface area contributed by atoms with Crippen LogP contribution in [0.3, 0.4) is 0 Å². The van der Waals surface area contributed by atoms with Gasteiger partial charge in [0.2, 0.25) is 0 Å². The van der Waals surface area contributed by atoms with Crippen LogP contribution in [0.25, 0.3) is 110 Å². The van der Waals surface area contributed by atoms with Crippen molar-refractivity contribution < 1.29 is 8.83 Å². The molecule has 0 aliphatic heterocycles. The van der Waals surface area contributed by atoms with Gasteiger partial charge in [-0.2, -0.15) is 0 Å². The molecule has 9 aromatic carbocycles. The summed E-state index contributed by atoms with van der Waals surface area (Å²) >= 11 is 0. The molecule has 232 valence electrons. The Hall–Kier alpha value is -6.64. The molecular formula is C48H28O2. The van der Waals surface area contributed by atoms with Crippen molar-refractivity contribution in [2.24, 2.45) is 0 Å². The third-order valence-electron chi connectivity index (χ3n) is 10.4. The Morgan fingerprint density at radius 3 is 1.20 bits per heavy atom. The Morgan fingerprint density at radius 2 is 0.640 bits per heavy atom. The van der Waals surface area contributed by atoms with Crippen molar-refractivity contribution in [3.63, 3.8) is 0 Å². The van der Waals surface area contributed by atoms with E-state index in [1.165, 1.54) is 49.0 Å². The van der Waals surface area contributed by atoms with Gasteiger partial charge in [0.05, 0.1) is 0 Å². The Labute approximate surface area is 287 Å². The van der Waals surface area contributed by atoms with E-state index in [-0.39, 0.29) is 0 Å². The first-order valence-electron chi connectivity index (χ1n) is 17.1. The van der Waals surface area contributed by atoms with Gasteiger partial charge in [-0.15, -0.1) is 0 Å². The minimum absolute atomic E-state index is 0.875. The van der Waals surface area contributed by atoms with Crippen molar-refractivity contribution >= 4 is 76.2 Å². The minimum Gasteiger partial charge on any atom is -0.456 e. The van der Waals surface area contributed by atoms with Crippen LogP contribution in [-0.2, 0) is 0 Å². The first kappa shape index (κ1) is 27.3. The first-order chi connectivity index (χ1) is 24.8. The van der Waals surface area contributed by atoms with Crippen LogP contribution in [0.4, 0.5) is 0 Å². The van der Waals surface area contributed by atoms with Gasteiger partial charge in [-0.1, -0.05) is 121 Å². The highest BCUT2D eigenvalue weighted by molar-refractivity contribution is 6.22. The van der Waals surface area contributed by atoms with Crippen LogP contribution in [0.5, 0.6) is 0 Å². The van der Waals surface area contributed by atoms with E-state index in [1.807, 2.05) is 0 Å². The lowest BCUT2D eigenvalue weighted by atomic mass is 9.86. The molecule has 2 nitrogen and oxygen atoms in total. The second-order valence-corrected chi connectivity index (χ2v) is 13.2. The van der Waals surface area contributed by atoms with Gasteiger partial charge in [-0.3, -0.25) is 0 Å². The largest absolute Gasteiger partial charge is 0.456 e. The maximum absolute atomic E-state index is 6.65. The standard InChI is InChI=1S/C48H28O2/c1-2-10-29(11-3-1)47-38-14-6-8-16-40(38)48(41-17-9-7-15-39(41)47)34-20-23-36-35-21-18-32(26-43(35)49-45(36)28-34)33-19-22-37-42-24-30-12-4-5-13-31(30)25-46(42)50-44(37)27-33/h1-28H. The van der Waals surface area contributed by atoms with Gasteiger partial charge in [-0.05, 0) is 114 Å². The van der Waals surface area contributed by atoms with Gasteiger partial charge in [-0.25, -0.2) is 0 Å². The summed E-state index contributed by atoms with van der Waals surface area (Å²) in [5.41, 5.74) is 10.6. The van der Waals surface area contributed by atoms with E-state index in [0.29, 0.717) is 0 Å². The third-order valence-corrected chi connectivity index (χ3v) is 10.4. The van der Waals surface area contributed by atoms with E-state index in [0.717, 1.165) is 60.6 Å². The fraction of sp³-hybridized carbons (Fsp3) is 0. The summed E-state index contributed by atoms with van der Waals surface area (Å²) in [6.45, 7) is 0. The average molecular weight is 637 g/mol. The topological polar surface area (TPSA) is 26.3 Å². The van der Waals surface area contributed by atoms with Gasteiger partial charge >= 0.3 is 0 Å². The van der Waals surface area contributed by atoms with Crippen LogP contribution in [0.1, 0.15) is 0 Å². The van der Waals surface area contributed by atoms with Gasteiger partial charge < -0.3 is 8.83 Å². The van der Waals surface area contributed by atoms with Crippen LogP contribution in [0.15, 0.2) is 179 Å². The molecule has 0 bridgehead atoms. The zero-order valence-electron chi connectivity index (χ0n) is 27.0. The fourth-order valence-corrected chi connectivity index (χ4v) is 8.11. The first-order valence-corrected chi connectivity index (χ1v) is 17.1. The van der Waals surface area contributed by atoms with Crippen molar-refractivity contribution in [3.05, 3.63) is 170 Å². The molecular weight excluding hydrogens is 609 g/mol. The molecule has 0 atom stereocenters. The lowest BCUT2D eigenvalue weighted by Gasteiger charge is -2.17. The number of fused-ring (bicyclic) bond motifs is 9. The Balaban J connectivity index is 1.05. The molecule has 0 saturated heterocycles. The SMILES string of the molecule is c1ccc(-c2c3ccccc3c(-c3ccc4c(c3)oc3cc(-c5ccc6c(c5)oc5cc7ccccc7cc56)ccc34)c3ccccc23)cc1. The van der Waals surface area contributed by atoms with Crippen LogP contribution in [0, 0.1) is 0 Å². The molecule has 11 aromatic rings. The predicted octanol–water partition coefficient (Wildman–Crippen LogP) is 13.9. The maximum atomic E-state index is 6.65. The van der Waals surface area contributed by atoms with Gasteiger partial charge in [0, 0.05) is 21.5 Å². The highest BCUT2D eigenvalue weighted by atomic mass is 16.3. The number of furan rings is 2. The predicted molar refractivity (Wildman–Crippen MR) is 210 cm³/mol. The Morgan fingerprint density at radius 1 is 0.240 bits per heavy atom. The molecule has 0 aliphatic carbocycles. The number of hydrogen-bond acceptors (Lipinski definition) is 2. The maximum Gasteiger partial charge on any atom is 0.136 e. The molecule has 11 rings (SSSR count). The van der Waals surface area contributed by atoms with Crippen molar-refractivity contribution in [2.45, 2.75) is 0 Å². The summed E-state index contributed by atoms with van der Waals surface area (Å²) in [6, 6.07) is 60.8. The van der Waals surface area contributed by atoms with Crippen LogP contribution < -0.4 is 0 Å². The molecule has 0 aliphatic rings. The molecule has 2 aromatic heterocycles. The second kappa shape index (κ2) is 10.4. The zero-order valence-corrected chi connectivity index (χ0v) is 27.0. The molecule has 2 heterocycles. The molecule has 0 radical (unpaired) electrons. The summed E-state index contributed by atoms with van der Waals surface area (Å²) in [5.74, 6) is 0.